The molecule has 0 radical (unpaired) electrons. The molecule has 1 aromatic carbocycles. The van der Waals surface area contributed by atoms with Crippen LogP contribution in [0.3, 0.4) is 0 Å². The van der Waals surface area contributed by atoms with Crippen molar-refractivity contribution in [2.24, 2.45) is 0 Å². The minimum Gasteiger partial charge on any atom is -0.493 e. The van der Waals surface area contributed by atoms with Gasteiger partial charge >= 0.3 is 12.0 Å². The number of fused-ring (bicyclic) bond motifs is 2. The molecule has 9 heteroatoms. The molecule has 4 amide bonds. The SMILES string of the molecule is C[C@H]1CCCCN1C(=O)COC(=O)CN1C(=O)N[C@@]2(CCOc3ccccc32)C1=O. The van der Waals surface area contributed by atoms with Crippen LogP contribution in [-0.2, 0) is 24.7 Å². The molecule has 9 nitrogen and oxygen atoms in total. The van der Waals surface area contributed by atoms with Crippen LogP contribution in [0, 0.1) is 0 Å². The fourth-order valence-corrected chi connectivity index (χ4v) is 4.38. The number of para-hydroxylation sites is 1. The number of ether oxygens (including phenoxy) is 2. The van der Waals surface area contributed by atoms with Crippen molar-refractivity contribution in [3.05, 3.63) is 29.8 Å². The van der Waals surface area contributed by atoms with E-state index in [0.717, 1.165) is 24.2 Å². The number of urea groups is 1. The summed E-state index contributed by atoms with van der Waals surface area (Å²) >= 11 is 0. The van der Waals surface area contributed by atoms with E-state index < -0.39 is 36.6 Å². The van der Waals surface area contributed by atoms with Crippen LogP contribution < -0.4 is 10.1 Å². The van der Waals surface area contributed by atoms with Crippen LogP contribution in [0.4, 0.5) is 4.79 Å². The summed E-state index contributed by atoms with van der Waals surface area (Å²) < 4.78 is 10.7. The van der Waals surface area contributed by atoms with Crippen LogP contribution in [0.15, 0.2) is 24.3 Å². The summed E-state index contributed by atoms with van der Waals surface area (Å²) in [6.45, 7) is 1.95. The first kappa shape index (κ1) is 20.2. The van der Waals surface area contributed by atoms with E-state index in [1.807, 2.05) is 6.92 Å². The standard InChI is InChI=1S/C21H25N3O6/c1-14-6-4-5-10-23(14)17(25)13-30-18(26)12-24-19(27)21(22-20(24)28)9-11-29-16-8-3-2-7-15(16)21/h2-3,7-8,14H,4-6,9-13H2,1H3,(H,22,28)/t14-,21+/m0/s1. The minimum absolute atomic E-state index is 0.115. The van der Waals surface area contributed by atoms with Gasteiger partial charge in [-0.1, -0.05) is 18.2 Å². The van der Waals surface area contributed by atoms with Gasteiger partial charge in [-0.3, -0.25) is 19.3 Å². The zero-order valence-corrected chi connectivity index (χ0v) is 16.9. The summed E-state index contributed by atoms with van der Waals surface area (Å²) in [5.74, 6) is -1.05. The number of imide groups is 1. The lowest BCUT2D eigenvalue weighted by molar-refractivity contribution is -0.155. The lowest BCUT2D eigenvalue weighted by atomic mass is 9.84. The molecule has 1 N–H and O–H groups in total. The fraction of sp³-hybridized carbons (Fsp3) is 0.524. The van der Waals surface area contributed by atoms with Crippen LogP contribution in [0.5, 0.6) is 5.75 Å². The summed E-state index contributed by atoms with van der Waals surface area (Å²) in [6.07, 6.45) is 3.20. The van der Waals surface area contributed by atoms with Gasteiger partial charge in [0.1, 0.15) is 12.3 Å². The summed E-state index contributed by atoms with van der Waals surface area (Å²) in [5, 5.41) is 2.73. The predicted molar refractivity (Wildman–Crippen MR) is 104 cm³/mol. The number of benzene rings is 1. The van der Waals surface area contributed by atoms with Gasteiger partial charge in [0.05, 0.1) is 6.61 Å². The van der Waals surface area contributed by atoms with Gasteiger partial charge < -0.3 is 19.7 Å². The Balaban J connectivity index is 1.40. The van der Waals surface area contributed by atoms with Crippen LogP contribution in [0.1, 0.15) is 38.2 Å². The Kier molecular flexibility index (Phi) is 5.36. The summed E-state index contributed by atoms with van der Waals surface area (Å²) in [6, 6.07) is 6.47. The van der Waals surface area contributed by atoms with E-state index >= 15 is 0 Å². The lowest BCUT2D eigenvalue weighted by Crippen LogP contribution is -2.48. The number of nitrogens with one attached hydrogen (secondary N) is 1. The number of carbonyl (C=O) groups is 4. The molecule has 0 aliphatic carbocycles. The topological polar surface area (TPSA) is 105 Å². The van der Waals surface area contributed by atoms with Gasteiger partial charge in [0.15, 0.2) is 12.1 Å². The number of rotatable bonds is 4. The molecule has 0 aromatic heterocycles. The van der Waals surface area contributed by atoms with E-state index in [0.29, 0.717) is 17.9 Å². The monoisotopic (exact) mass is 415 g/mol. The van der Waals surface area contributed by atoms with Gasteiger partial charge in [-0.05, 0) is 32.3 Å². The fourth-order valence-electron chi connectivity index (χ4n) is 4.38. The highest BCUT2D eigenvalue weighted by Gasteiger charge is 2.55. The maximum Gasteiger partial charge on any atom is 0.326 e. The molecule has 0 unspecified atom stereocenters. The highest BCUT2D eigenvalue weighted by atomic mass is 16.5. The Morgan fingerprint density at radius 3 is 2.87 bits per heavy atom. The van der Waals surface area contributed by atoms with Crippen molar-refractivity contribution in [2.75, 3.05) is 26.3 Å². The minimum atomic E-state index is -1.24. The van der Waals surface area contributed by atoms with Crippen molar-refractivity contribution in [2.45, 2.75) is 44.2 Å². The number of amides is 4. The normalized spacial score (nSPS) is 25.6. The molecule has 2 fully saturated rings. The number of likely N-dealkylation sites (tertiary alicyclic amines) is 1. The van der Waals surface area contributed by atoms with Crippen LogP contribution in [0.25, 0.3) is 0 Å². The van der Waals surface area contributed by atoms with Crippen molar-refractivity contribution < 1.29 is 28.7 Å². The molecule has 30 heavy (non-hydrogen) atoms. The third kappa shape index (κ3) is 3.48. The average Bonchev–Trinajstić information content (AvgIpc) is 2.97. The maximum absolute atomic E-state index is 13.1. The van der Waals surface area contributed by atoms with Crippen LogP contribution in [-0.4, -0.2) is 66.0 Å². The molecule has 2 saturated heterocycles. The highest BCUT2D eigenvalue weighted by molar-refractivity contribution is 6.09. The van der Waals surface area contributed by atoms with E-state index in [2.05, 4.69) is 5.32 Å². The second-order valence-electron chi connectivity index (χ2n) is 7.91. The van der Waals surface area contributed by atoms with E-state index in [-0.39, 0.29) is 25.0 Å². The summed E-state index contributed by atoms with van der Waals surface area (Å²) in [5.41, 5.74) is -0.676. The van der Waals surface area contributed by atoms with Gasteiger partial charge in [0, 0.05) is 24.6 Å². The number of piperidine rings is 1. The van der Waals surface area contributed by atoms with Crippen molar-refractivity contribution in [3.63, 3.8) is 0 Å². The second-order valence-corrected chi connectivity index (χ2v) is 7.91. The molecular weight excluding hydrogens is 390 g/mol. The van der Waals surface area contributed by atoms with Crippen molar-refractivity contribution in [1.29, 1.82) is 0 Å². The Bertz CT molecular complexity index is 887. The number of esters is 1. The van der Waals surface area contributed by atoms with Gasteiger partial charge in [0.25, 0.3) is 11.8 Å². The summed E-state index contributed by atoms with van der Waals surface area (Å²) in [4.78, 5) is 52.8. The van der Waals surface area contributed by atoms with Crippen molar-refractivity contribution in [3.8, 4) is 5.75 Å². The average molecular weight is 415 g/mol. The summed E-state index contributed by atoms with van der Waals surface area (Å²) in [7, 11) is 0. The molecule has 160 valence electrons. The van der Waals surface area contributed by atoms with E-state index in [4.69, 9.17) is 9.47 Å². The first-order valence-electron chi connectivity index (χ1n) is 10.2. The first-order chi connectivity index (χ1) is 14.4. The molecule has 1 aromatic rings. The van der Waals surface area contributed by atoms with Crippen molar-refractivity contribution >= 4 is 23.8 Å². The Morgan fingerprint density at radius 1 is 1.27 bits per heavy atom. The molecular formula is C21H25N3O6. The smallest absolute Gasteiger partial charge is 0.326 e. The highest BCUT2D eigenvalue weighted by Crippen LogP contribution is 2.40. The Hall–Kier alpha value is -3.10. The van der Waals surface area contributed by atoms with Crippen LogP contribution >= 0.6 is 0 Å². The number of hydrogen-bond acceptors (Lipinski definition) is 6. The van der Waals surface area contributed by atoms with Crippen LogP contribution in [0.2, 0.25) is 0 Å². The largest absolute Gasteiger partial charge is 0.493 e. The third-order valence-electron chi connectivity index (χ3n) is 6.02. The van der Waals surface area contributed by atoms with Gasteiger partial charge in [-0.2, -0.15) is 0 Å². The Labute approximate surface area is 174 Å². The number of hydrogen-bond donors (Lipinski definition) is 1. The van der Waals surface area contributed by atoms with Gasteiger partial charge in [-0.25, -0.2) is 4.79 Å². The molecule has 3 heterocycles. The molecule has 1 spiro atoms. The zero-order chi connectivity index (χ0) is 21.3. The second kappa shape index (κ2) is 7.97. The third-order valence-corrected chi connectivity index (χ3v) is 6.02. The van der Waals surface area contributed by atoms with E-state index in [1.165, 1.54) is 0 Å². The molecule has 0 bridgehead atoms. The molecule has 3 aliphatic heterocycles. The quantitative estimate of drug-likeness (QED) is 0.584. The zero-order valence-electron chi connectivity index (χ0n) is 16.9. The maximum atomic E-state index is 13.1. The predicted octanol–water partition coefficient (Wildman–Crippen LogP) is 1.16. The molecule has 4 rings (SSSR count). The number of nitrogens with zero attached hydrogens (tertiary/aromatic N) is 2. The lowest BCUT2D eigenvalue weighted by Gasteiger charge is -2.33. The number of carbonyl (C=O) groups excluding carboxylic acids is 4. The molecule has 2 atom stereocenters. The van der Waals surface area contributed by atoms with Gasteiger partial charge in [0.2, 0.25) is 0 Å². The first-order valence-corrected chi connectivity index (χ1v) is 10.2. The van der Waals surface area contributed by atoms with E-state index in [9.17, 15) is 19.2 Å². The Morgan fingerprint density at radius 2 is 2.07 bits per heavy atom. The van der Waals surface area contributed by atoms with Crippen molar-refractivity contribution in [1.82, 2.24) is 15.1 Å². The molecule has 0 saturated carbocycles. The van der Waals surface area contributed by atoms with E-state index in [1.54, 1.807) is 29.2 Å². The molecule has 3 aliphatic rings. The van der Waals surface area contributed by atoms with Gasteiger partial charge in [-0.15, -0.1) is 0 Å².